The summed E-state index contributed by atoms with van der Waals surface area (Å²) in [4.78, 5) is 11.8. The first-order valence-corrected chi connectivity index (χ1v) is 8.29. The van der Waals surface area contributed by atoms with Crippen LogP contribution in [0.5, 0.6) is 0 Å². The molecule has 0 radical (unpaired) electrons. The molecule has 0 aliphatic heterocycles. The minimum atomic E-state index is -3.07. The Morgan fingerprint density at radius 2 is 2.11 bits per heavy atom. The van der Waals surface area contributed by atoms with E-state index in [1.165, 1.54) is 0 Å². The molecule has 7 heteroatoms. The summed E-state index contributed by atoms with van der Waals surface area (Å²) < 4.78 is 23.1. The summed E-state index contributed by atoms with van der Waals surface area (Å²) in [6.45, 7) is 1.65. The molecule has 0 fully saturated rings. The Bertz CT molecular complexity index is 545. The highest BCUT2D eigenvalue weighted by molar-refractivity contribution is 9.10. The molecule has 0 saturated heterocycles. The number of rotatable bonds is 5. The fraction of sp³-hybridized carbons (Fsp3) is 0.364. The van der Waals surface area contributed by atoms with Crippen molar-refractivity contribution in [2.24, 2.45) is 0 Å². The molecule has 0 aliphatic carbocycles. The van der Waals surface area contributed by atoms with Crippen molar-refractivity contribution in [1.29, 1.82) is 0 Å². The van der Waals surface area contributed by atoms with Gasteiger partial charge in [0, 0.05) is 16.8 Å². The number of amides is 1. The van der Waals surface area contributed by atoms with Gasteiger partial charge in [0.2, 0.25) is 0 Å². The van der Waals surface area contributed by atoms with E-state index in [4.69, 9.17) is 11.6 Å². The lowest BCUT2D eigenvalue weighted by atomic mass is 10.2. The van der Waals surface area contributed by atoms with Gasteiger partial charge in [0.05, 0.1) is 16.3 Å². The first-order valence-electron chi connectivity index (χ1n) is 5.30. The van der Waals surface area contributed by atoms with Crippen LogP contribution in [0.1, 0.15) is 17.3 Å². The summed E-state index contributed by atoms with van der Waals surface area (Å²) in [5.74, 6) is -0.380. The van der Waals surface area contributed by atoms with Crippen LogP contribution in [0.15, 0.2) is 22.7 Å². The van der Waals surface area contributed by atoms with Gasteiger partial charge < -0.3 is 5.32 Å². The van der Waals surface area contributed by atoms with E-state index in [-0.39, 0.29) is 24.0 Å². The highest BCUT2D eigenvalue weighted by atomic mass is 79.9. The Labute approximate surface area is 120 Å². The molecule has 4 nitrogen and oxygen atoms in total. The zero-order valence-corrected chi connectivity index (χ0v) is 12.9. The van der Waals surface area contributed by atoms with Gasteiger partial charge in [0.15, 0.2) is 9.84 Å². The van der Waals surface area contributed by atoms with Crippen LogP contribution in [0.3, 0.4) is 0 Å². The van der Waals surface area contributed by atoms with E-state index in [2.05, 4.69) is 21.2 Å². The van der Waals surface area contributed by atoms with Crippen molar-refractivity contribution in [1.82, 2.24) is 5.32 Å². The van der Waals surface area contributed by atoms with Crippen molar-refractivity contribution in [3.63, 3.8) is 0 Å². The number of sulfone groups is 1. The Balaban J connectivity index is 2.64. The zero-order chi connectivity index (χ0) is 13.8. The Morgan fingerprint density at radius 3 is 2.72 bits per heavy atom. The molecule has 100 valence electrons. The predicted molar refractivity (Wildman–Crippen MR) is 75.8 cm³/mol. The van der Waals surface area contributed by atoms with E-state index >= 15 is 0 Å². The van der Waals surface area contributed by atoms with Gasteiger partial charge in [0.25, 0.3) is 5.91 Å². The SMILES string of the molecule is CCS(=O)(=O)CCNC(=O)c1cccc(Br)c1Cl. The minimum Gasteiger partial charge on any atom is -0.351 e. The lowest BCUT2D eigenvalue weighted by Gasteiger charge is -2.07. The first-order chi connectivity index (χ1) is 8.37. The molecule has 1 rings (SSSR count). The van der Waals surface area contributed by atoms with Crippen LogP contribution in [0.4, 0.5) is 0 Å². The van der Waals surface area contributed by atoms with Crippen LogP contribution in [-0.4, -0.2) is 32.4 Å². The number of nitrogens with one attached hydrogen (secondary N) is 1. The molecule has 18 heavy (non-hydrogen) atoms. The van der Waals surface area contributed by atoms with Crippen LogP contribution in [0.2, 0.25) is 5.02 Å². The van der Waals surface area contributed by atoms with E-state index in [0.717, 1.165) is 0 Å². The lowest BCUT2D eigenvalue weighted by molar-refractivity contribution is 0.0956. The number of hydrogen-bond acceptors (Lipinski definition) is 3. The van der Waals surface area contributed by atoms with Gasteiger partial charge in [-0.25, -0.2) is 8.42 Å². The number of carbonyl (C=O) groups is 1. The maximum absolute atomic E-state index is 11.8. The van der Waals surface area contributed by atoms with Gasteiger partial charge in [-0.1, -0.05) is 24.6 Å². The van der Waals surface area contributed by atoms with Crippen LogP contribution in [0.25, 0.3) is 0 Å². The average Bonchev–Trinajstić information content (AvgIpc) is 2.32. The minimum absolute atomic E-state index is 0.0686. The first kappa shape index (κ1) is 15.5. The maximum atomic E-state index is 11.8. The molecule has 0 bridgehead atoms. The van der Waals surface area contributed by atoms with Crippen molar-refractivity contribution < 1.29 is 13.2 Å². The molecule has 0 aromatic heterocycles. The van der Waals surface area contributed by atoms with Crippen LogP contribution < -0.4 is 5.32 Å². The van der Waals surface area contributed by atoms with E-state index in [1.54, 1.807) is 25.1 Å². The molecule has 1 amide bonds. The number of benzene rings is 1. The van der Waals surface area contributed by atoms with Gasteiger partial charge in [0.1, 0.15) is 0 Å². The molecule has 0 atom stereocenters. The average molecular weight is 355 g/mol. The van der Waals surface area contributed by atoms with Crippen molar-refractivity contribution in [2.75, 3.05) is 18.1 Å². The van der Waals surface area contributed by atoms with Gasteiger partial charge in [-0.3, -0.25) is 4.79 Å². The van der Waals surface area contributed by atoms with Gasteiger partial charge >= 0.3 is 0 Å². The monoisotopic (exact) mass is 353 g/mol. The third-order valence-corrected chi connectivity index (χ3v) is 5.34. The second kappa shape index (κ2) is 6.54. The molecule has 1 aromatic rings. The lowest BCUT2D eigenvalue weighted by Crippen LogP contribution is -2.29. The van der Waals surface area contributed by atoms with E-state index < -0.39 is 9.84 Å². The predicted octanol–water partition coefficient (Wildman–Crippen LogP) is 2.27. The summed E-state index contributed by atoms with van der Waals surface area (Å²) in [6.07, 6.45) is 0. The molecular formula is C11H13BrClNO3S. The topological polar surface area (TPSA) is 63.2 Å². The largest absolute Gasteiger partial charge is 0.351 e. The molecule has 1 N–H and O–H groups in total. The zero-order valence-electron chi connectivity index (χ0n) is 9.74. The highest BCUT2D eigenvalue weighted by Gasteiger charge is 2.13. The molecular weight excluding hydrogens is 342 g/mol. The second-order valence-corrected chi connectivity index (χ2v) is 7.30. The van der Waals surface area contributed by atoms with Gasteiger partial charge in [-0.15, -0.1) is 0 Å². The third-order valence-electron chi connectivity index (χ3n) is 2.33. The standard InChI is InChI=1S/C11H13BrClNO3S/c1-2-18(16,17)7-6-14-11(15)8-4-3-5-9(12)10(8)13/h3-5H,2,6-7H2,1H3,(H,14,15). The fourth-order valence-corrected chi connectivity index (χ4v) is 2.52. The quantitative estimate of drug-likeness (QED) is 0.882. The third kappa shape index (κ3) is 4.26. The van der Waals surface area contributed by atoms with Crippen molar-refractivity contribution in [3.8, 4) is 0 Å². The number of halogens is 2. The maximum Gasteiger partial charge on any atom is 0.252 e. The molecule has 0 aliphatic rings. The van der Waals surface area contributed by atoms with Crippen LogP contribution in [0, 0.1) is 0 Å². The highest BCUT2D eigenvalue weighted by Crippen LogP contribution is 2.25. The van der Waals surface area contributed by atoms with Crippen molar-refractivity contribution in [3.05, 3.63) is 33.3 Å². The molecule has 0 spiro atoms. The summed E-state index contributed by atoms with van der Waals surface area (Å²) in [5, 5.41) is 2.85. The fourth-order valence-electron chi connectivity index (χ4n) is 1.24. The van der Waals surface area contributed by atoms with Crippen LogP contribution >= 0.6 is 27.5 Å². The Hall–Kier alpha value is -0.590. The molecule has 0 heterocycles. The van der Waals surface area contributed by atoms with Gasteiger partial charge in [-0.2, -0.15) is 0 Å². The number of carbonyl (C=O) groups excluding carboxylic acids is 1. The van der Waals surface area contributed by atoms with Crippen LogP contribution in [-0.2, 0) is 9.84 Å². The summed E-state index contributed by atoms with van der Waals surface area (Å²) in [7, 11) is -3.07. The van der Waals surface area contributed by atoms with E-state index in [1.807, 2.05) is 0 Å². The summed E-state index contributed by atoms with van der Waals surface area (Å²) >= 11 is 9.18. The molecule has 1 aromatic carbocycles. The smallest absolute Gasteiger partial charge is 0.252 e. The summed E-state index contributed by atoms with van der Waals surface area (Å²) in [6, 6.07) is 4.99. The normalized spacial score (nSPS) is 11.3. The Kier molecular flexibility index (Phi) is 5.62. The van der Waals surface area contributed by atoms with E-state index in [9.17, 15) is 13.2 Å². The Morgan fingerprint density at radius 1 is 1.44 bits per heavy atom. The van der Waals surface area contributed by atoms with E-state index in [0.29, 0.717) is 15.1 Å². The van der Waals surface area contributed by atoms with Crippen molar-refractivity contribution in [2.45, 2.75) is 6.92 Å². The molecule has 0 unspecified atom stereocenters. The molecule has 0 saturated carbocycles. The van der Waals surface area contributed by atoms with Crippen molar-refractivity contribution >= 4 is 43.3 Å². The second-order valence-electron chi connectivity index (χ2n) is 3.59. The van der Waals surface area contributed by atoms with Gasteiger partial charge in [-0.05, 0) is 28.1 Å². The number of hydrogen-bond donors (Lipinski definition) is 1. The summed E-state index contributed by atoms with van der Waals surface area (Å²) in [5.41, 5.74) is 0.319.